The Labute approximate surface area is 151 Å². The average Bonchev–Trinajstić information content (AvgIpc) is 3.04. The molecule has 0 spiro atoms. The first kappa shape index (κ1) is 17.9. The van der Waals surface area contributed by atoms with Gasteiger partial charge in [0.1, 0.15) is 5.56 Å². The fourth-order valence-electron chi connectivity index (χ4n) is 2.80. The van der Waals surface area contributed by atoms with Crippen molar-refractivity contribution in [3.63, 3.8) is 0 Å². The Kier molecular flexibility index (Phi) is 5.18. The van der Waals surface area contributed by atoms with Gasteiger partial charge in [-0.1, -0.05) is 29.8 Å². The van der Waals surface area contributed by atoms with Gasteiger partial charge in [0.25, 0.3) is 11.5 Å². The van der Waals surface area contributed by atoms with Crippen molar-refractivity contribution in [2.24, 2.45) is 0 Å². The van der Waals surface area contributed by atoms with Crippen molar-refractivity contribution in [2.75, 3.05) is 20.3 Å². The monoisotopic (exact) mass is 354 g/mol. The Bertz CT molecular complexity index is 986. The van der Waals surface area contributed by atoms with Crippen LogP contribution in [0, 0.1) is 13.8 Å². The normalized spacial score (nSPS) is 11.0. The van der Waals surface area contributed by atoms with Crippen molar-refractivity contribution in [2.45, 2.75) is 20.3 Å². The molecule has 0 aliphatic rings. The third kappa shape index (κ3) is 3.52. The summed E-state index contributed by atoms with van der Waals surface area (Å²) in [5.41, 5.74) is 3.92. The molecule has 1 aromatic carbocycles. The second-order valence-electron chi connectivity index (χ2n) is 6.24. The fraction of sp³-hybridized carbons (Fsp3) is 0.316. The largest absolute Gasteiger partial charge is 0.383 e. The minimum atomic E-state index is -0.293. The van der Waals surface area contributed by atoms with Gasteiger partial charge in [0.15, 0.2) is 5.65 Å². The van der Waals surface area contributed by atoms with Gasteiger partial charge < -0.3 is 10.1 Å². The van der Waals surface area contributed by atoms with Gasteiger partial charge in [0, 0.05) is 37.5 Å². The van der Waals surface area contributed by atoms with E-state index in [4.69, 9.17) is 4.74 Å². The van der Waals surface area contributed by atoms with Gasteiger partial charge in [0.2, 0.25) is 0 Å². The number of hydrogen-bond acceptors (Lipinski definition) is 4. The van der Waals surface area contributed by atoms with Crippen LogP contribution in [-0.2, 0) is 11.2 Å². The Balaban J connectivity index is 1.95. The molecule has 0 fully saturated rings. The van der Waals surface area contributed by atoms with E-state index in [1.165, 1.54) is 16.3 Å². The summed E-state index contributed by atoms with van der Waals surface area (Å²) >= 11 is 0. The van der Waals surface area contributed by atoms with Crippen molar-refractivity contribution >= 4 is 11.6 Å². The van der Waals surface area contributed by atoms with Gasteiger partial charge >= 0.3 is 0 Å². The molecule has 136 valence electrons. The molecule has 2 N–H and O–H groups in total. The molecule has 7 nitrogen and oxygen atoms in total. The van der Waals surface area contributed by atoms with Crippen LogP contribution in [0.15, 0.2) is 35.3 Å². The summed E-state index contributed by atoms with van der Waals surface area (Å²) in [5, 5.41) is 5.58. The van der Waals surface area contributed by atoms with Crippen molar-refractivity contribution in [3.8, 4) is 0 Å². The molecule has 0 atom stereocenters. The minimum Gasteiger partial charge on any atom is -0.383 e. The zero-order chi connectivity index (χ0) is 18.7. The summed E-state index contributed by atoms with van der Waals surface area (Å²) in [6.07, 6.45) is 2.00. The highest BCUT2D eigenvalue weighted by Gasteiger charge is 2.18. The van der Waals surface area contributed by atoms with Gasteiger partial charge in [0.05, 0.1) is 6.61 Å². The number of aryl methyl sites for hydroxylation is 2. The molecule has 0 aliphatic carbocycles. The summed E-state index contributed by atoms with van der Waals surface area (Å²) < 4.78 is 6.24. The van der Waals surface area contributed by atoms with Crippen LogP contribution in [0.5, 0.6) is 0 Å². The predicted octanol–water partition coefficient (Wildman–Crippen LogP) is 1.61. The maximum atomic E-state index is 12.9. The molecule has 7 heteroatoms. The lowest BCUT2D eigenvalue weighted by atomic mass is 10.0. The molecule has 2 aromatic heterocycles. The number of hydrogen-bond donors (Lipinski definition) is 2. The average molecular weight is 354 g/mol. The number of carbonyl (C=O) groups is 1. The van der Waals surface area contributed by atoms with Gasteiger partial charge in [-0.15, -0.1) is 0 Å². The lowest BCUT2D eigenvalue weighted by Crippen LogP contribution is -2.28. The molecular formula is C19H22N4O3. The van der Waals surface area contributed by atoms with Crippen LogP contribution >= 0.6 is 0 Å². The zero-order valence-corrected chi connectivity index (χ0v) is 15.1. The molecule has 3 rings (SSSR count). The lowest BCUT2D eigenvalue weighted by molar-refractivity contribution is 0.0938. The Morgan fingerprint density at radius 1 is 1.27 bits per heavy atom. The van der Waals surface area contributed by atoms with Gasteiger partial charge in [-0.25, -0.2) is 9.50 Å². The number of methoxy groups -OCH3 is 1. The van der Waals surface area contributed by atoms with E-state index in [1.807, 2.05) is 31.2 Å². The van der Waals surface area contributed by atoms with Crippen LogP contribution < -0.4 is 10.9 Å². The highest BCUT2D eigenvalue weighted by atomic mass is 16.5. The van der Waals surface area contributed by atoms with Crippen molar-refractivity contribution in [1.82, 2.24) is 19.9 Å². The first-order valence-corrected chi connectivity index (χ1v) is 8.43. The van der Waals surface area contributed by atoms with Crippen LogP contribution in [-0.4, -0.2) is 40.8 Å². The van der Waals surface area contributed by atoms with Gasteiger partial charge in [-0.2, -0.15) is 0 Å². The number of nitrogens with one attached hydrogen (secondary N) is 2. The highest BCUT2D eigenvalue weighted by molar-refractivity contribution is 5.99. The molecule has 0 saturated carbocycles. The van der Waals surface area contributed by atoms with E-state index in [0.29, 0.717) is 42.0 Å². The van der Waals surface area contributed by atoms with Crippen LogP contribution in [0.3, 0.4) is 0 Å². The molecule has 0 bridgehead atoms. The van der Waals surface area contributed by atoms with E-state index in [0.717, 1.165) is 5.56 Å². The number of aromatic amines is 1. The number of benzene rings is 1. The van der Waals surface area contributed by atoms with E-state index in [9.17, 15) is 9.59 Å². The van der Waals surface area contributed by atoms with Crippen LogP contribution in [0.4, 0.5) is 0 Å². The molecule has 0 aliphatic heterocycles. The Morgan fingerprint density at radius 3 is 2.69 bits per heavy atom. The highest BCUT2D eigenvalue weighted by Crippen LogP contribution is 2.13. The van der Waals surface area contributed by atoms with Crippen LogP contribution in [0.2, 0.25) is 0 Å². The maximum absolute atomic E-state index is 12.9. The summed E-state index contributed by atoms with van der Waals surface area (Å²) in [6, 6.07) is 8.05. The molecule has 0 unspecified atom stereocenters. The minimum absolute atomic E-state index is 0.191. The van der Waals surface area contributed by atoms with E-state index in [1.54, 1.807) is 14.0 Å². The second-order valence-corrected chi connectivity index (χ2v) is 6.24. The quantitative estimate of drug-likeness (QED) is 0.658. The number of amides is 1. The van der Waals surface area contributed by atoms with Crippen molar-refractivity contribution in [1.29, 1.82) is 0 Å². The van der Waals surface area contributed by atoms with Crippen LogP contribution in [0.25, 0.3) is 5.65 Å². The zero-order valence-electron chi connectivity index (χ0n) is 15.1. The standard InChI is InChI=1S/C19H22N4O3/c1-12-4-6-14(7-5-12)10-15-13(2)22-17-16(11-21-23(17)19(15)25)18(24)20-8-9-26-3/h4-7,11,21H,8-10H2,1-3H3,(H,20,24). The molecule has 0 radical (unpaired) electrons. The molecule has 26 heavy (non-hydrogen) atoms. The van der Waals surface area contributed by atoms with E-state index >= 15 is 0 Å². The molecule has 3 aromatic rings. The van der Waals surface area contributed by atoms with Crippen molar-refractivity contribution < 1.29 is 9.53 Å². The summed E-state index contributed by atoms with van der Waals surface area (Å²) in [6.45, 7) is 4.63. The number of carbonyl (C=O) groups excluding carboxylic acids is 1. The summed E-state index contributed by atoms with van der Waals surface area (Å²) in [7, 11) is 1.57. The maximum Gasteiger partial charge on any atom is 0.276 e. The number of fused-ring (bicyclic) bond motifs is 1. The molecule has 2 heterocycles. The number of ether oxygens (including phenoxy) is 1. The fourth-order valence-corrected chi connectivity index (χ4v) is 2.80. The molecule has 0 saturated heterocycles. The Morgan fingerprint density at radius 2 is 2.00 bits per heavy atom. The number of aromatic nitrogens is 3. The summed E-state index contributed by atoms with van der Waals surface area (Å²) in [5.74, 6) is -0.293. The topological polar surface area (TPSA) is 88.5 Å². The molecule has 1 amide bonds. The lowest BCUT2D eigenvalue weighted by Gasteiger charge is -2.07. The van der Waals surface area contributed by atoms with Crippen molar-refractivity contribution in [3.05, 3.63) is 68.8 Å². The smallest absolute Gasteiger partial charge is 0.276 e. The SMILES string of the molecule is COCCNC(=O)c1c[nH]n2c(=O)c(Cc3ccc(C)cc3)c(C)nc12. The van der Waals surface area contributed by atoms with Gasteiger partial charge in [-0.3, -0.25) is 14.7 Å². The van der Waals surface area contributed by atoms with E-state index in [-0.39, 0.29) is 11.5 Å². The molecular weight excluding hydrogens is 332 g/mol. The summed E-state index contributed by atoms with van der Waals surface area (Å²) in [4.78, 5) is 29.6. The first-order valence-electron chi connectivity index (χ1n) is 8.43. The second kappa shape index (κ2) is 7.53. The van der Waals surface area contributed by atoms with Gasteiger partial charge in [-0.05, 0) is 19.4 Å². The third-order valence-corrected chi connectivity index (χ3v) is 4.30. The predicted molar refractivity (Wildman–Crippen MR) is 98.7 cm³/mol. The number of rotatable bonds is 6. The Hall–Kier alpha value is -2.93. The van der Waals surface area contributed by atoms with E-state index in [2.05, 4.69) is 15.4 Å². The van der Waals surface area contributed by atoms with Crippen LogP contribution in [0.1, 0.15) is 32.7 Å². The first-order chi connectivity index (χ1) is 12.5. The third-order valence-electron chi connectivity index (χ3n) is 4.30. The number of H-pyrrole nitrogens is 1. The van der Waals surface area contributed by atoms with E-state index < -0.39 is 0 Å². The number of nitrogens with zero attached hydrogens (tertiary/aromatic N) is 2.